The van der Waals surface area contributed by atoms with E-state index in [4.69, 9.17) is 10.00 Å². The van der Waals surface area contributed by atoms with E-state index >= 15 is 0 Å². The molecule has 1 fully saturated rings. The maximum Gasteiger partial charge on any atom is 0.234 e. The molecule has 1 aromatic rings. The second-order valence-corrected chi connectivity index (χ2v) is 6.27. The van der Waals surface area contributed by atoms with E-state index in [1.165, 1.54) is 0 Å². The van der Waals surface area contributed by atoms with Gasteiger partial charge in [0.15, 0.2) is 0 Å². The highest BCUT2D eigenvalue weighted by Gasteiger charge is 2.23. The van der Waals surface area contributed by atoms with Crippen molar-refractivity contribution < 1.29 is 14.3 Å². The topological polar surface area (TPSA) is 82.4 Å². The van der Waals surface area contributed by atoms with Gasteiger partial charge in [-0.05, 0) is 37.8 Å². The zero-order valence-corrected chi connectivity index (χ0v) is 14.7. The first-order valence-electron chi connectivity index (χ1n) is 8.72. The Balaban J connectivity index is 1.63. The summed E-state index contributed by atoms with van der Waals surface area (Å²) in [6.07, 6.45) is 2.52. The Morgan fingerprint density at radius 1 is 1.32 bits per heavy atom. The molecule has 25 heavy (non-hydrogen) atoms. The van der Waals surface area contributed by atoms with Crippen LogP contribution in [0.5, 0.6) is 5.75 Å². The van der Waals surface area contributed by atoms with Crippen LogP contribution >= 0.6 is 0 Å². The van der Waals surface area contributed by atoms with Crippen LogP contribution in [0.3, 0.4) is 0 Å². The van der Waals surface area contributed by atoms with Crippen LogP contribution < -0.4 is 10.1 Å². The molecule has 1 aliphatic rings. The number of nitriles is 1. The second-order valence-electron chi connectivity index (χ2n) is 6.27. The number of nitrogens with zero attached hydrogens (tertiary/aromatic N) is 2. The maximum atomic E-state index is 12.2. The minimum absolute atomic E-state index is 0.0642. The molecular weight excluding hydrogens is 318 g/mol. The molecule has 6 heteroatoms. The fourth-order valence-corrected chi connectivity index (χ4v) is 2.91. The van der Waals surface area contributed by atoms with Gasteiger partial charge in [0.25, 0.3) is 0 Å². The molecule has 1 heterocycles. The number of ether oxygens (including phenoxy) is 1. The van der Waals surface area contributed by atoms with Crippen molar-refractivity contribution in [2.24, 2.45) is 0 Å². The molecule has 0 unspecified atom stereocenters. The minimum atomic E-state index is -0.236. The van der Waals surface area contributed by atoms with E-state index in [0.29, 0.717) is 32.5 Å². The first-order chi connectivity index (χ1) is 12.1. The molecule has 1 saturated heterocycles. The molecule has 0 aliphatic carbocycles. The average molecular weight is 343 g/mol. The third-order valence-corrected chi connectivity index (χ3v) is 4.34. The summed E-state index contributed by atoms with van der Waals surface area (Å²) in [4.78, 5) is 25.5. The van der Waals surface area contributed by atoms with E-state index in [0.717, 1.165) is 24.2 Å². The Kier molecular flexibility index (Phi) is 7.27. The van der Waals surface area contributed by atoms with E-state index in [2.05, 4.69) is 5.32 Å². The Bertz CT molecular complexity index is 631. The molecule has 6 nitrogen and oxygen atoms in total. The molecule has 0 saturated carbocycles. The third-order valence-electron chi connectivity index (χ3n) is 4.34. The number of nitrogens with one attached hydrogen (secondary N) is 1. The van der Waals surface area contributed by atoms with Gasteiger partial charge in [-0.3, -0.25) is 9.59 Å². The Morgan fingerprint density at radius 2 is 2.04 bits per heavy atom. The summed E-state index contributed by atoms with van der Waals surface area (Å²) < 4.78 is 5.71. The standard InChI is InChI=1S/C19H25N3O3/c1-15-5-2-3-6-17(15)25-14-4-7-19(24)22-12-9-16(10-13-22)21-18(23)8-11-20/h2-3,5-6,16H,4,7-10,12-14H2,1H3,(H,21,23). The van der Waals surface area contributed by atoms with Crippen LogP contribution in [0.4, 0.5) is 0 Å². The highest BCUT2D eigenvalue weighted by Crippen LogP contribution is 2.17. The first kappa shape index (κ1) is 18.8. The number of hydrogen-bond acceptors (Lipinski definition) is 4. The van der Waals surface area contributed by atoms with Gasteiger partial charge in [0.05, 0.1) is 12.7 Å². The number of amides is 2. The lowest BCUT2D eigenvalue weighted by Gasteiger charge is -2.32. The molecule has 0 radical (unpaired) electrons. The van der Waals surface area contributed by atoms with Crippen LogP contribution in [0.1, 0.15) is 37.7 Å². The van der Waals surface area contributed by atoms with Crippen molar-refractivity contribution in [1.82, 2.24) is 10.2 Å². The van der Waals surface area contributed by atoms with Gasteiger partial charge in [0, 0.05) is 25.6 Å². The van der Waals surface area contributed by atoms with Gasteiger partial charge in [-0.1, -0.05) is 18.2 Å². The maximum absolute atomic E-state index is 12.2. The van der Waals surface area contributed by atoms with E-state index in [9.17, 15) is 9.59 Å². The molecule has 1 N–H and O–H groups in total. The van der Waals surface area contributed by atoms with E-state index in [-0.39, 0.29) is 24.3 Å². The molecule has 1 aliphatic heterocycles. The summed E-state index contributed by atoms with van der Waals surface area (Å²) in [5, 5.41) is 11.3. The summed E-state index contributed by atoms with van der Waals surface area (Å²) in [6, 6.07) is 9.74. The molecule has 134 valence electrons. The number of benzene rings is 1. The third kappa shape index (κ3) is 6.11. The van der Waals surface area contributed by atoms with Crippen molar-refractivity contribution in [3.63, 3.8) is 0 Å². The molecule has 2 rings (SSSR count). The van der Waals surface area contributed by atoms with Crippen LogP contribution in [-0.2, 0) is 9.59 Å². The van der Waals surface area contributed by atoms with Gasteiger partial charge < -0.3 is 15.0 Å². The van der Waals surface area contributed by atoms with Crippen LogP contribution in [0.2, 0.25) is 0 Å². The Hall–Kier alpha value is -2.55. The summed E-state index contributed by atoms with van der Waals surface area (Å²) in [6.45, 7) is 3.82. The lowest BCUT2D eigenvalue weighted by atomic mass is 10.0. The fourth-order valence-electron chi connectivity index (χ4n) is 2.91. The van der Waals surface area contributed by atoms with Crippen molar-refractivity contribution in [2.75, 3.05) is 19.7 Å². The number of likely N-dealkylation sites (tertiary alicyclic amines) is 1. The minimum Gasteiger partial charge on any atom is -0.493 e. The van der Waals surface area contributed by atoms with Gasteiger partial charge in [0.1, 0.15) is 12.2 Å². The van der Waals surface area contributed by atoms with Gasteiger partial charge in [-0.15, -0.1) is 0 Å². The van der Waals surface area contributed by atoms with Gasteiger partial charge in [-0.25, -0.2) is 0 Å². The van der Waals surface area contributed by atoms with Crippen molar-refractivity contribution in [3.05, 3.63) is 29.8 Å². The number of carbonyl (C=O) groups excluding carboxylic acids is 2. The predicted octanol–water partition coefficient (Wildman–Crippen LogP) is 2.17. The van der Waals surface area contributed by atoms with E-state index in [1.54, 1.807) is 0 Å². The van der Waals surface area contributed by atoms with Crippen LogP contribution in [-0.4, -0.2) is 42.5 Å². The molecule has 0 aromatic heterocycles. The number of rotatable bonds is 7. The molecule has 0 atom stereocenters. The van der Waals surface area contributed by atoms with Crippen LogP contribution in [0.15, 0.2) is 24.3 Å². The number of hydrogen-bond donors (Lipinski definition) is 1. The highest BCUT2D eigenvalue weighted by molar-refractivity contribution is 5.78. The van der Waals surface area contributed by atoms with Crippen molar-refractivity contribution >= 4 is 11.8 Å². The molecule has 2 amide bonds. The monoisotopic (exact) mass is 343 g/mol. The van der Waals surface area contributed by atoms with Gasteiger partial charge >= 0.3 is 0 Å². The van der Waals surface area contributed by atoms with Gasteiger partial charge in [0.2, 0.25) is 11.8 Å². The van der Waals surface area contributed by atoms with Crippen molar-refractivity contribution in [3.8, 4) is 11.8 Å². The second kappa shape index (κ2) is 9.67. The zero-order chi connectivity index (χ0) is 18.1. The lowest BCUT2D eigenvalue weighted by Crippen LogP contribution is -2.46. The number of piperidine rings is 1. The molecule has 1 aromatic carbocycles. The highest BCUT2D eigenvalue weighted by atomic mass is 16.5. The zero-order valence-electron chi connectivity index (χ0n) is 14.7. The number of aryl methyl sites for hydroxylation is 1. The fraction of sp³-hybridized carbons (Fsp3) is 0.526. The van der Waals surface area contributed by atoms with Gasteiger partial charge in [-0.2, -0.15) is 5.26 Å². The molecular formula is C19H25N3O3. The SMILES string of the molecule is Cc1ccccc1OCCCC(=O)N1CCC(NC(=O)CC#N)CC1. The largest absolute Gasteiger partial charge is 0.493 e. The molecule has 0 spiro atoms. The number of carbonyl (C=O) groups is 2. The first-order valence-corrected chi connectivity index (χ1v) is 8.72. The summed E-state index contributed by atoms with van der Waals surface area (Å²) in [5.41, 5.74) is 1.09. The average Bonchev–Trinajstić information content (AvgIpc) is 2.61. The van der Waals surface area contributed by atoms with E-state index in [1.807, 2.05) is 42.2 Å². The predicted molar refractivity (Wildman–Crippen MR) is 93.9 cm³/mol. The normalized spacial score (nSPS) is 14.6. The number of para-hydroxylation sites is 1. The lowest BCUT2D eigenvalue weighted by molar-refractivity contribution is -0.132. The van der Waals surface area contributed by atoms with Crippen LogP contribution in [0.25, 0.3) is 0 Å². The summed E-state index contributed by atoms with van der Waals surface area (Å²) in [5.74, 6) is 0.764. The smallest absolute Gasteiger partial charge is 0.234 e. The summed E-state index contributed by atoms with van der Waals surface area (Å²) >= 11 is 0. The van der Waals surface area contributed by atoms with Crippen LogP contribution in [0, 0.1) is 18.3 Å². The summed E-state index contributed by atoms with van der Waals surface area (Å²) in [7, 11) is 0. The van der Waals surface area contributed by atoms with Crippen molar-refractivity contribution in [2.45, 2.75) is 45.1 Å². The Morgan fingerprint density at radius 3 is 2.72 bits per heavy atom. The molecule has 0 bridgehead atoms. The van der Waals surface area contributed by atoms with E-state index < -0.39 is 0 Å². The quantitative estimate of drug-likeness (QED) is 0.769. The van der Waals surface area contributed by atoms with Crippen molar-refractivity contribution in [1.29, 1.82) is 5.26 Å². The Labute approximate surface area is 148 Å².